The first kappa shape index (κ1) is 19.6. The summed E-state index contributed by atoms with van der Waals surface area (Å²) >= 11 is 0. The van der Waals surface area contributed by atoms with E-state index in [0.29, 0.717) is 38.2 Å². The monoisotopic (exact) mass is 391 g/mol. The zero-order valence-electron chi connectivity index (χ0n) is 15.6. The summed E-state index contributed by atoms with van der Waals surface area (Å²) in [5.41, 5.74) is 0.330. The van der Waals surface area contributed by atoms with Crippen LogP contribution in [0.4, 0.5) is 0 Å². The molecule has 1 amide bonds. The van der Waals surface area contributed by atoms with Crippen LogP contribution in [-0.2, 0) is 16.4 Å². The van der Waals surface area contributed by atoms with Crippen LogP contribution in [0.1, 0.15) is 23.0 Å². The summed E-state index contributed by atoms with van der Waals surface area (Å²) in [6.07, 6.45) is 2.16. The van der Waals surface area contributed by atoms with Crippen LogP contribution in [0.15, 0.2) is 52.0 Å². The summed E-state index contributed by atoms with van der Waals surface area (Å²) in [6, 6.07) is 9.73. The largest absolute Gasteiger partial charge is 0.469 e. The highest BCUT2D eigenvalue weighted by Crippen LogP contribution is 2.19. The van der Waals surface area contributed by atoms with Crippen molar-refractivity contribution in [2.75, 3.05) is 33.2 Å². The Morgan fingerprint density at radius 2 is 1.93 bits per heavy atom. The molecule has 1 aromatic heterocycles. The van der Waals surface area contributed by atoms with Crippen molar-refractivity contribution in [2.24, 2.45) is 0 Å². The molecule has 3 rings (SSSR count). The van der Waals surface area contributed by atoms with E-state index >= 15 is 0 Å². The standard InChI is InChI=1S/C19H25N3O4S/c1-15(13-17-6-4-12-26-17)20-19(23)16-5-3-7-18(14-16)27(24,25)22-10-8-21(2)9-11-22/h3-7,12,14-15H,8-11,13H2,1-2H3,(H,20,23). The van der Waals surface area contributed by atoms with E-state index in [-0.39, 0.29) is 16.8 Å². The van der Waals surface area contributed by atoms with Crippen molar-refractivity contribution in [2.45, 2.75) is 24.3 Å². The Hall–Kier alpha value is -2.16. The number of furan rings is 1. The summed E-state index contributed by atoms with van der Waals surface area (Å²) in [6.45, 7) is 4.18. The third-order valence-electron chi connectivity index (χ3n) is 4.66. The smallest absolute Gasteiger partial charge is 0.251 e. The molecule has 0 spiro atoms. The summed E-state index contributed by atoms with van der Waals surface area (Å²) < 4.78 is 32.5. The van der Waals surface area contributed by atoms with E-state index < -0.39 is 10.0 Å². The predicted molar refractivity (Wildman–Crippen MR) is 102 cm³/mol. The number of likely N-dealkylation sites (N-methyl/N-ethyl adjacent to an activating group) is 1. The molecule has 1 N–H and O–H groups in total. The molecule has 2 aromatic rings. The van der Waals surface area contributed by atoms with Crippen LogP contribution in [0, 0.1) is 0 Å². The van der Waals surface area contributed by atoms with Crippen molar-refractivity contribution in [1.29, 1.82) is 0 Å². The number of sulfonamides is 1. The fourth-order valence-corrected chi connectivity index (χ4v) is 4.53. The van der Waals surface area contributed by atoms with E-state index in [1.54, 1.807) is 24.5 Å². The first-order chi connectivity index (χ1) is 12.9. The van der Waals surface area contributed by atoms with Crippen LogP contribution < -0.4 is 5.32 Å². The predicted octanol–water partition coefficient (Wildman–Crippen LogP) is 1.58. The van der Waals surface area contributed by atoms with Crippen LogP contribution in [0.5, 0.6) is 0 Å². The lowest BCUT2D eigenvalue weighted by atomic mass is 10.1. The molecular formula is C19H25N3O4S. The molecule has 1 saturated heterocycles. The van der Waals surface area contributed by atoms with Crippen LogP contribution in [0.3, 0.4) is 0 Å². The maximum atomic E-state index is 12.9. The third-order valence-corrected chi connectivity index (χ3v) is 6.56. The first-order valence-corrected chi connectivity index (χ1v) is 10.4. The summed E-state index contributed by atoms with van der Waals surface area (Å²) in [7, 11) is -1.63. The number of carbonyl (C=O) groups is 1. The fraction of sp³-hybridized carbons (Fsp3) is 0.421. The highest BCUT2D eigenvalue weighted by atomic mass is 32.2. The minimum Gasteiger partial charge on any atom is -0.469 e. The number of rotatable bonds is 6. The third kappa shape index (κ3) is 4.77. The summed E-state index contributed by atoms with van der Waals surface area (Å²) in [4.78, 5) is 14.8. The van der Waals surface area contributed by atoms with Gasteiger partial charge in [-0.2, -0.15) is 4.31 Å². The van der Waals surface area contributed by atoms with E-state index in [1.165, 1.54) is 16.4 Å². The van der Waals surface area contributed by atoms with Crippen LogP contribution in [0.25, 0.3) is 0 Å². The van der Waals surface area contributed by atoms with Gasteiger partial charge in [0.25, 0.3) is 5.91 Å². The van der Waals surface area contributed by atoms with Crippen molar-refractivity contribution in [3.05, 3.63) is 54.0 Å². The molecular weight excluding hydrogens is 366 g/mol. The maximum Gasteiger partial charge on any atom is 0.251 e. The second-order valence-electron chi connectivity index (χ2n) is 6.89. The van der Waals surface area contributed by atoms with Gasteiger partial charge in [-0.1, -0.05) is 6.07 Å². The van der Waals surface area contributed by atoms with Crippen molar-refractivity contribution >= 4 is 15.9 Å². The molecule has 27 heavy (non-hydrogen) atoms. The lowest BCUT2D eigenvalue weighted by molar-refractivity contribution is 0.0939. The quantitative estimate of drug-likeness (QED) is 0.808. The lowest BCUT2D eigenvalue weighted by Gasteiger charge is -2.31. The Bertz CT molecular complexity index is 872. The molecule has 0 saturated carbocycles. The second-order valence-corrected chi connectivity index (χ2v) is 8.83. The Kier molecular flexibility index (Phi) is 5.98. The number of amides is 1. The van der Waals surface area contributed by atoms with Gasteiger partial charge in [0.1, 0.15) is 5.76 Å². The van der Waals surface area contributed by atoms with Crippen molar-refractivity contribution in [3.8, 4) is 0 Å². The van der Waals surface area contributed by atoms with Gasteiger partial charge in [-0.3, -0.25) is 4.79 Å². The van der Waals surface area contributed by atoms with E-state index in [4.69, 9.17) is 4.42 Å². The molecule has 7 nitrogen and oxygen atoms in total. The van der Waals surface area contributed by atoms with Gasteiger partial charge in [0.2, 0.25) is 10.0 Å². The molecule has 1 unspecified atom stereocenters. The van der Waals surface area contributed by atoms with Crippen LogP contribution in [0.2, 0.25) is 0 Å². The average Bonchev–Trinajstić information content (AvgIpc) is 3.15. The van der Waals surface area contributed by atoms with Gasteiger partial charge in [-0.25, -0.2) is 8.42 Å². The highest BCUT2D eigenvalue weighted by molar-refractivity contribution is 7.89. The van der Waals surface area contributed by atoms with Crippen LogP contribution >= 0.6 is 0 Å². The minimum atomic E-state index is -3.60. The SMILES string of the molecule is CC(Cc1ccco1)NC(=O)c1cccc(S(=O)(=O)N2CCN(C)CC2)c1. The van der Waals surface area contributed by atoms with Gasteiger partial charge in [0.05, 0.1) is 11.2 Å². The van der Waals surface area contributed by atoms with E-state index in [2.05, 4.69) is 10.2 Å². The molecule has 146 valence electrons. The van der Waals surface area contributed by atoms with E-state index in [1.807, 2.05) is 20.0 Å². The number of benzene rings is 1. The van der Waals surface area contributed by atoms with Crippen molar-refractivity contribution < 1.29 is 17.6 Å². The Morgan fingerprint density at radius 1 is 1.19 bits per heavy atom. The lowest BCUT2D eigenvalue weighted by Crippen LogP contribution is -2.47. The Balaban J connectivity index is 1.70. The van der Waals surface area contributed by atoms with Gasteiger partial charge in [-0.05, 0) is 44.3 Å². The molecule has 8 heteroatoms. The van der Waals surface area contributed by atoms with E-state index in [9.17, 15) is 13.2 Å². The number of hydrogen-bond donors (Lipinski definition) is 1. The zero-order chi connectivity index (χ0) is 19.4. The van der Waals surface area contributed by atoms with Gasteiger partial charge >= 0.3 is 0 Å². The second kappa shape index (κ2) is 8.24. The highest BCUT2D eigenvalue weighted by Gasteiger charge is 2.28. The topological polar surface area (TPSA) is 82.9 Å². The van der Waals surface area contributed by atoms with Crippen molar-refractivity contribution in [1.82, 2.24) is 14.5 Å². The van der Waals surface area contributed by atoms with Gasteiger partial charge in [-0.15, -0.1) is 0 Å². The molecule has 1 aromatic carbocycles. The Morgan fingerprint density at radius 3 is 2.59 bits per heavy atom. The molecule has 2 heterocycles. The Labute approximate surface area is 160 Å². The van der Waals surface area contributed by atoms with Crippen LogP contribution in [-0.4, -0.2) is 62.8 Å². The average molecular weight is 391 g/mol. The van der Waals surface area contributed by atoms with Gasteiger partial charge in [0, 0.05) is 44.2 Å². The molecule has 0 aliphatic carbocycles. The number of hydrogen-bond acceptors (Lipinski definition) is 5. The van der Waals surface area contributed by atoms with Gasteiger partial charge in [0.15, 0.2) is 0 Å². The number of nitrogens with zero attached hydrogens (tertiary/aromatic N) is 2. The fourth-order valence-electron chi connectivity index (χ4n) is 3.06. The summed E-state index contributed by atoms with van der Waals surface area (Å²) in [5, 5.41) is 2.88. The minimum absolute atomic E-state index is 0.137. The van der Waals surface area contributed by atoms with E-state index in [0.717, 1.165) is 5.76 Å². The maximum absolute atomic E-state index is 12.9. The number of carbonyl (C=O) groups excluding carboxylic acids is 1. The normalized spacial score (nSPS) is 17.6. The molecule has 0 radical (unpaired) electrons. The zero-order valence-corrected chi connectivity index (χ0v) is 16.4. The molecule has 0 bridgehead atoms. The number of nitrogens with one attached hydrogen (secondary N) is 1. The first-order valence-electron chi connectivity index (χ1n) is 8.98. The number of piperazine rings is 1. The molecule has 1 aliphatic rings. The molecule has 1 aliphatic heterocycles. The summed E-state index contributed by atoms with van der Waals surface area (Å²) in [5.74, 6) is 0.485. The molecule has 1 fully saturated rings. The molecule has 1 atom stereocenters. The van der Waals surface area contributed by atoms with Gasteiger partial charge < -0.3 is 14.6 Å². The van der Waals surface area contributed by atoms with Crippen molar-refractivity contribution in [3.63, 3.8) is 0 Å².